The zero-order chi connectivity index (χ0) is 18.4. The van der Waals surface area contributed by atoms with Gasteiger partial charge in [0.1, 0.15) is 5.75 Å². The van der Waals surface area contributed by atoms with Crippen LogP contribution in [0, 0.1) is 0 Å². The third-order valence-corrected chi connectivity index (χ3v) is 3.69. The summed E-state index contributed by atoms with van der Waals surface area (Å²) < 4.78 is 43.6. The van der Waals surface area contributed by atoms with Crippen molar-refractivity contribution in [3.05, 3.63) is 65.2 Å². The first kappa shape index (κ1) is 18.8. The second-order valence-corrected chi connectivity index (χ2v) is 5.67. The van der Waals surface area contributed by atoms with Crippen LogP contribution in [0.15, 0.2) is 48.5 Å². The van der Waals surface area contributed by atoms with E-state index in [4.69, 9.17) is 4.74 Å². The van der Waals surface area contributed by atoms with E-state index in [1.807, 2.05) is 6.92 Å². The fourth-order valence-corrected chi connectivity index (χ4v) is 2.42. The lowest BCUT2D eigenvalue weighted by Crippen LogP contribution is -2.28. The van der Waals surface area contributed by atoms with E-state index in [9.17, 15) is 18.0 Å². The summed E-state index contributed by atoms with van der Waals surface area (Å²) >= 11 is 0. The van der Waals surface area contributed by atoms with Crippen LogP contribution in [-0.4, -0.2) is 12.5 Å². The number of carbonyl (C=O) groups excluding carboxylic acids is 1. The Morgan fingerprint density at radius 2 is 1.84 bits per heavy atom. The van der Waals surface area contributed by atoms with Gasteiger partial charge in [-0.3, -0.25) is 4.79 Å². The summed E-state index contributed by atoms with van der Waals surface area (Å²) in [6.45, 7) is 4.11. The van der Waals surface area contributed by atoms with E-state index in [2.05, 4.69) is 5.32 Å². The minimum Gasteiger partial charge on any atom is -0.494 e. The molecule has 2 rings (SSSR count). The average Bonchev–Trinajstić information content (AvgIpc) is 2.56. The van der Waals surface area contributed by atoms with E-state index in [-0.39, 0.29) is 12.3 Å². The topological polar surface area (TPSA) is 38.3 Å². The maximum atomic E-state index is 12.8. The molecule has 0 aliphatic carbocycles. The fourth-order valence-electron chi connectivity index (χ4n) is 2.42. The first-order chi connectivity index (χ1) is 11.8. The zero-order valence-electron chi connectivity index (χ0n) is 14.1. The Labute approximate surface area is 144 Å². The summed E-state index contributed by atoms with van der Waals surface area (Å²) in [6.07, 6.45) is -4.25. The molecule has 3 nitrogen and oxygen atoms in total. The molecule has 2 aromatic carbocycles. The Kier molecular flexibility index (Phi) is 6.07. The highest BCUT2D eigenvalue weighted by Gasteiger charge is 2.30. The molecule has 6 heteroatoms. The lowest BCUT2D eigenvalue weighted by molar-refractivity contribution is -0.137. The molecule has 0 spiro atoms. The van der Waals surface area contributed by atoms with Gasteiger partial charge in [0, 0.05) is 0 Å². The van der Waals surface area contributed by atoms with Gasteiger partial charge in [-0.2, -0.15) is 13.2 Å². The molecule has 0 fully saturated rings. The molecule has 1 atom stereocenters. The number of hydrogen-bond acceptors (Lipinski definition) is 2. The summed E-state index contributed by atoms with van der Waals surface area (Å²) in [5.41, 5.74) is 0.490. The number of halogens is 3. The predicted molar refractivity (Wildman–Crippen MR) is 89.3 cm³/mol. The highest BCUT2D eigenvalue weighted by atomic mass is 19.4. The summed E-state index contributed by atoms with van der Waals surface area (Å²) in [7, 11) is 0. The second-order valence-electron chi connectivity index (χ2n) is 5.67. The Morgan fingerprint density at radius 1 is 1.16 bits per heavy atom. The molecule has 1 N–H and O–H groups in total. The van der Waals surface area contributed by atoms with E-state index in [1.165, 1.54) is 6.07 Å². The Bertz CT molecular complexity index is 711. The largest absolute Gasteiger partial charge is 0.494 e. The summed E-state index contributed by atoms with van der Waals surface area (Å²) in [6, 6.07) is 11.6. The number of ether oxygens (including phenoxy) is 1. The maximum Gasteiger partial charge on any atom is 0.416 e. The van der Waals surface area contributed by atoms with Gasteiger partial charge in [-0.25, -0.2) is 0 Å². The van der Waals surface area contributed by atoms with Gasteiger partial charge in [0.05, 0.1) is 24.6 Å². The van der Waals surface area contributed by atoms with Crippen LogP contribution in [0.4, 0.5) is 13.2 Å². The molecule has 0 aromatic heterocycles. The van der Waals surface area contributed by atoms with Crippen molar-refractivity contribution in [2.45, 2.75) is 32.5 Å². The smallest absolute Gasteiger partial charge is 0.416 e. The minimum absolute atomic E-state index is 0.149. The number of rotatable bonds is 6. The van der Waals surface area contributed by atoms with Gasteiger partial charge in [0.25, 0.3) is 0 Å². The lowest BCUT2D eigenvalue weighted by atomic mass is 10.0. The lowest BCUT2D eigenvalue weighted by Gasteiger charge is -2.16. The molecule has 1 unspecified atom stereocenters. The van der Waals surface area contributed by atoms with Crippen molar-refractivity contribution >= 4 is 5.91 Å². The second kappa shape index (κ2) is 8.05. The normalized spacial score (nSPS) is 12.5. The van der Waals surface area contributed by atoms with Gasteiger partial charge in [-0.05, 0) is 49.2 Å². The van der Waals surface area contributed by atoms with Crippen molar-refractivity contribution in [1.29, 1.82) is 0 Å². The molecule has 0 radical (unpaired) electrons. The number of amides is 1. The SMILES string of the molecule is CCOc1ccc(CC(=O)NC(C)c2cccc(C(F)(F)F)c2)cc1. The monoisotopic (exact) mass is 351 g/mol. The maximum absolute atomic E-state index is 12.8. The van der Waals surface area contributed by atoms with Crippen molar-refractivity contribution in [1.82, 2.24) is 5.32 Å². The van der Waals surface area contributed by atoms with Crippen LogP contribution in [-0.2, 0) is 17.4 Å². The van der Waals surface area contributed by atoms with E-state index in [0.717, 1.165) is 23.4 Å². The Balaban J connectivity index is 1.98. The van der Waals surface area contributed by atoms with Gasteiger partial charge in [-0.1, -0.05) is 24.3 Å². The summed E-state index contributed by atoms with van der Waals surface area (Å²) in [4.78, 5) is 12.1. The molecule has 0 bridgehead atoms. The van der Waals surface area contributed by atoms with Gasteiger partial charge < -0.3 is 10.1 Å². The van der Waals surface area contributed by atoms with Gasteiger partial charge in [0.15, 0.2) is 0 Å². The van der Waals surface area contributed by atoms with Crippen LogP contribution in [0.1, 0.15) is 36.6 Å². The molecular formula is C19H20F3NO2. The number of benzene rings is 2. The molecular weight excluding hydrogens is 331 g/mol. The molecule has 0 aliphatic rings. The Hall–Kier alpha value is -2.50. The van der Waals surface area contributed by atoms with Crippen LogP contribution in [0.2, 0.25) is 0 Å². The standard InChI is InChI=1S/C19H20F3NO2/c1-3-25-17-9-7-14(8-10-17)11-18(24)23-13(2)15-5-4-6-16(12-15)19(20,21)22/h4-10,12-13H,3,11H2,1-2H3,(H,23,24). The third-order valence-electron chi connectivity index (χ3n) is 3.69. The molecule has 2 aromatic rings. The third kappa shape index (κ3) is 5.52. The molecule has 134 valence electrons. The quantitative estimate of drug-likeness (QED) is 0.831. The van der Waals surface area contributed by atoms with Crippen LogP contribution >= 0.6 is 0 Å². The molecule has 0 heterocycles. The first-order valence-corrected chi connectivity index (χ1v) is 7.98. The van der Waals surface area contributed by atoms with Crippen molar-refractivity contribution in [2.24, 2.45) is 0 Å². The minimum atomic E-state index is -4.40. The fraction of sp³-hybridized carbons (Fsp3) is 0.316. The van der Waals surface area contributed by atoms with E-state index in [1.54, 1.807) is 37.3 Å². The zero-order valence-corrected chi connectivity index (χ0v) is 14.1. The van der Waals surface area contributed by atoms with E-state index >= 15 is 0 Å². The van der Waals surface area contributed by atoms with Crippen LogP contribution in [0.5, 0.6) is 5.75 Å². The van der Waals surface area contributed by atoms with Crippen molar-refractivity contribution < 1.29 is 22.7 Å². The highest BCUT2D eigenvalue weighted by molar-refractivity contribution is 5.79. The van der Waals surface area contributed by atoms with Crippen molar-refractivity contribution in [3.63, 3.8) is 0 Å². The Morgan fingerprint density at radius 3 is 2.44 bits per heavy atom. The van der Waals surface area contributed by atoms with Gasteiger partial charge in [-0.15, -0.1) is 0 Å². The van der Waals surface area contributed by atoms with E-state index < -0.39 is 17.8 Å². The molecule has 0 saturated carbocycles. The van der Waals surface area contributed by atoms with Crippen molar-refractivity contribution in [3.8, 4) is 5.75 Å². The van der Waals surface area contributed by atoms with Crippen molar-refractivity contribution in [2.75, 3.05) is 6.61 Å². The van der Waals surface area contributed by atoms with Gasteiger partial charge >= 0.3 is 6.18 Å². The average molecular weight is 351 g/mol. The van der Waals surface area contributed by atoms with Gasteiger partial charge in [0.2, 0.25) is 5.91 Å². The molecule has 1 amide bonds. The number of carbonyl (C=O) groups is 1. The number of nitrogens with one attached hydrogen (secondary N) is 1. The first-order valence-electron chi connectivity index (χ1n) is 7.98. The van der Waals surface area contributed by atoms with E-state index in [0.29, 0.717) is 12.2 Å². The number of alkyl halides is 3. The number of hydrogen-bond donors (Lipinski definition) is 1. The van der Waals surface area contributed by atoms with Crippen LogP contribution in [0.3, 0.4) is 0 Å². The highest BCUT2D eigenvalue weighted by Crippen LogP contribution is 2.30. The predicted octanol–water partition coefficient (Wildman–Crippen LogP) is 4.52. The van der Waals surface area contributed by atoms with Crippen LogP contribution < -0.4 is 10.1 Å². The van der Waals surface area contributed by atoms with Crippen LogP contribution in [0.25, 0.3) is 0 Å². The molecule has 0 aliphatic heterocycles. The summed E-state index contributed by atoms with van der Waals surface area (Å²) in [5, 5.41) is 2.73. The molecule has 25 heavy (non-hydrogen) atoms. The summed E-state index contributed by atoms with van der Waals surface area (Å²) in [5.74, 6) is 0.470. The molecule has 0 saturated heterocycles.